The summed E-state index contributed by atoms with van der Waals surface area (Å²) in [5.41, 5.74) is -0.416. The van der Waals surface area contributed by atoms with E-state index in [0.29, 0.717) is 12.6 Å². The van der Waals surface area contributed by atoms with Gasteiger partial charge in [-0.15, -0.1) is 0 Å². The van der Waals surface area contributed by atoms with Gasteiger partial charge in [-0.25, -0.2) is 4.79 Å². The van der Waals surface area contributed by atoms with Crippen LogP contribution in [0.3, 0.4) is 0 Å². The molecule has 0 aromatic heterocycles. The van der Waals surface area contributed by atoms with Gasteiger partial charge in [-0.3, -0.25) is 0 Å². The van der Waals surface area contributed by atoms with Crippen molar-refractivity contribution in [1.29, 1.82) is 0 Å². The largest absolute Gasteiger partial charge is 0.444 e. The molecule has 1 aliphatic heterocycles. The first-order chi connectivity index (χ1) is 7.47. The van der Waals surface area contributed by atoms with Crippen LogP contribution in [0.1, 0.15) is 46.5 Å². The fourth-order valence-electron chi connectivity index (χ4n) is 1.80. The fourth-order valence-corrected chi connectivity index (χ4v) is 1.80. The Bertz CT molecular complexity index is 216. The van der Waals surface area contributed by atoms with Crippen LogP contribution in [0.15, 0.2) is 0 Å². The number of carbonyl (C=O) groups is 1. The predicted octanol–water partition coefficient (Wildman–Crippen LogP) is 2.04. The van der Waals surface area contributed by atoms with Crippen LogP contribution in [0, 0.1) is 0 Å². The number of hydrogen-bond donors (Lipinski definition) is 2. The highest BCUT2D eigenvalue weighted by Crippen LogP contribution is 2.09. The molecule has 0 saturated carbocycles. The number of ether oxygens (including phenoxy) is 1. The summed E-state index contributed by atoms with van der Waals surface area (Å²) in [6.45, 7) is 7.33. The number of nitrogens with one attached hydrogen (secondary N) is 2. The Morgan fingerprint density at radius 3 is 2.81 bits per heavy atom. The number of alkyl carbamates (subject to hydrolysis) is 1. The third-order valence-corrected chi connectivity index (χ3v) is 2.55. The molecular weight excluding hydrogens is 204 g/mol. The second kappa shape index (κ2) is 6.09. The maximum Gasteiger partial charge on any atom is 0.407 e. The normalized spacial score (nSPS) is 22.3. The highest BCUT2D eigenvalue weighted by Gasteiger charge is 2.17. The molecule has 1 atom stereocenters. The third kappa shape index (κ3) is 5.95. The van der Waals surface area contributed by atoms with E-state index in [0.717, 1.165) is 13.0 Å². The number of rotatable bonds is 2. The van der Waals surface area contributed by atoms with E-state index >= 15 is 0 Å². The molecule has 0 bridgehead atoms. The third-order valence-electron chi connectivity index (χ3n) is 2.55. The van der Waals surface area contributed by atoms with Gasteiger partial charge in [0, 0.05) is 12.6 Å². The number of amides is 1. The molecule has 1 fully saturated rings. The van der Waals surface area contributed by atoms with Crippen LogP contribution in [0.5, 0.6) is 0 Å². The molecule has 4 heteroatoms. The van der Waals surface area contributed by atoms with Crippen LogP contribution in [-0.4, -0.2) is 30.8 Å². The van der Waals surface area contributed by atoms with Gasteiger partial charge in [-0.05, 0) is 40.2 Å². The molecule has 0 aliphatic carbocycles. The SMILES string of the molecule is CC(C)(C)OC(=O)NCC1CCCCCN1. The average Bonchev–Trinajstić information content (AvgIpc) is 2.39. The van der Waals surface area contributed by atoms with E-state index in [4.69, 9.17) is 4.74 Å². The van der Waals surface area contributed by atoms with Gasteiger partial charge in [-0.2, -0.15) is 0 Å². The molecular formula is C12H24N2O2. The van der Waals surface area contributed by atoms with E-state index in [2.05, 4.69) is 10.6 Å². The monoisotopic (exact) mass is 228 g/mol. The Morgan fingerprint density at radius 2 is 2.12 bits per heavy atom. The summed E-state index contributed by atoms with van der Waals surface area (Å²) in [4.78, 5) is 11.4. The fraction of sp³-hybridized carbons (Fsp3) is 0.917. The first-order valence-electron chi connectivity index (χ1n) is 6.17. The van der Waals surface area contributed by atoms with Gasteiger partial charge >= 0.3 is 6.09 Å². The minimum absolute atomic E-state index is 0.321. The molecule has 1 amide bonds. The van der Waals surface area contributed by atoms with E-state index in [1.54, 1.807) is 0 Å². The molecule has 0 aromatic rings. The van der Waals surface area contributed by atoms with Gasteiger partial charge in [0.2, 0.25) is 0 Å². The Labute approximate surface area is 98.1 Å². The maximum absolute atomic E-state index is 11.4. The van der Waals surface area contributed by atoms with E-state index in [-0.39, 0.29) is 6.09 Å². The van der Waals surface area contributed by atoms with E-state index in [9.17, 15) is 4.79 Å². The molecule has 4 nitrogen and oxygen atoms in total. The van der Waals surface area contributed by atoms with Crippen molar-refractivity contribution in [3.05, 3.63) is 0 Å². The molecule has 94 valence electrons. The van der Waals surface area contributed by atoms with Crippen molar-refractivity contribution in [1.82, 2.24) is 10.6 Å². The minimum atomic E-state index is -0.416. The van der Waals surface area contributed by atoms with Crippen LogP contribution in [0.4, 0.5) is 4.79 Å². The summed E-state index contributed by atoms with van der Waals surface area (Å²) in [7, 11) is 0. The second-order valence-corrected chi connectivity index (χ2v) is 5.38. The lowest BCUT2D eigenvalue weighted by atomic mass is 10.1. The quantitative estimate of drug-likeness (QED) is 0.760. The van der Waals surface area contributed by atoms with Crippen molar-refractivity contribution in [3.63, 3.8) is 0 Å². The van der Waals surface area contributed by atoms with Crippen LogP contribution >= 0.6 is 0 Å². The van der Waals surface area contributed by atoms with Crippen molar-refractivity contribution < 1.29 is 9.53 Å². The zero-order valence-corrected chi connectivity index (χ0v) is 10.6. The summed E-state index contributed by atoms with van der Waals surface area (Å²) >= 11 is 0. The molecule has 2 N–H and O–H groups in total. The van der Waals surface area contributed by atoms with Gasteiger partial charge < -0.3 is 15.4 Å². The minimum Gasteiger partial charge on any atom is -0.444 e. The topological polar surface area (TPSA) is 50.4 Å². The molecule has 0 spiro atoms. The highest BCUT2D eigenvalue weighted by atomic mass is 16.6. The standard InChI is InChI=1S/C12H24N2O2/c1-12(2,3)16-11(15)14-9-10-7-5-4-6-8-13-10/h10,13H,4-9H2,1-3H3,(H,14,15). The van der Waals surface area contributed by atoms with Crippen LogP contribution in [-0.2, 0) is 4.74 Å². The van der Waals surface area contributed by atoms with E-state index in [1.807, 2.05) is 20.8 Å². The Hall–Kier alpha value is -0.770. The molecule has 16 heavy (non-hydrogen) atoms. The van der Waals surface area contributed by atoms with Gasteiger partial charge in [-0.1, -0.05) is 12.8 Å². The Morgan fingerprint density at radius 1 is 1.38 bits per heavy atom. The maximum atomic E-state index is 11.4. The first kappa shape index (κ1) is 13.3. The van der Waals surface area contributed by atoms with Gasteiger partial charge in [0.05, 0.1) is 0 Å². The van der Waals surface area contributed by atoms with Crippen LogP contribution in [0.25, 0.3) is 0 Å². The highest BCUT2D eigenvalue weighted by molar-refractivity contribution is 5.67. The summed E-state index contributed by atoms with van der Waals surface area (Å²) in [5, 5.41) is 6.24. The van der Waals surface area contributed by atoms with E-state index < -0.39 is 5.60 Å². The number of hydrogen-bond acceptors (Lipinski definition) is 3. The van der Waals surface area contributed by atoms with Crippen LogP contribution < -0.4 is 10.6 Å². The average molecular weight is 228 g/mol. The summed E-state index contributed by atoms with van der Waals surface area (Å²) in [6.07, 6.45) is 4.58. The molecule has 1 rings (SSSR count). The summed E-state index contributed by atoms with van der Waals surface area (Å²) < 4.78 is 5.18. The Kier molecular flexibility index (Phi) is 5.06. The predicted molar refractivity (Wildman–Crippen MR) is 64.5 cm³/mol. The molecule has 1 aliphatic rings. The molecule has 0 radical (unpaired) electrons. The summed E-state index contributed by atoms with van der Waals surface area (Å²) in [6, 6.07) is 0.398. The lowest BCUT2D eigenvalue weighted by Gasteiger charge is -2.21. The smallest absolute Gasteiger partial charge is 0.407 e. The zero-order chi connectivity index (χ0) is 12.0. The molecule has 1 unspecified atom stereocenters. The molecule has 1 saturated heterocycles. The Balaban J connectivity index is 2.20. The van der Waals surface area contributed by atoms with Gasteiger partial charge in [0.25, 0.3) is 0 Å². The number of carbonyl (C=O) groups excluding carboxylic acids is 1. The lowest BCUT2D eigenvalue weighted by molar-refractivity contribution is 0.0522. The van der Waals surface area contributed by atoms with E-state index in [1.165, 1.54) is 19.3 Å². The van der Waals surface area contributed by atoms with Gasteiger partial charge in [0.15, 0.2) is 0 Å². The van der Waals surface area contributed by atoms with Crippen molar-refractivity contribution >= 4 is 6.09 Å². The lowest BCUT2D eigenvalue weighted by Crippen LogP contribution is -2.42. The van der Waals surface area contributed by atoms with Crippen LogP contribution in [0.2, 0.25) is 0 Å². The van der Waals surface area contributed by atoms with Crippen molar-refractivity contribution in [2.75, 3.05) is 13.1 Å². The summed E-state index contributed by atoms with van der Waals surface area (Å²) in [5.74, 6) is 0. The molecule has 1 heterocycles. The van der Waals surface area contributed by atoms with Gasteiger partial charge in [0.1, 0.15) is 5.60 Å². The van der Waals surface area contributed by atoms with Crippen molar-refractivity contribution in [2.45, 2.75) is 58.1 Å². The van der Waals surface area contributed by atoms with Crippen molar-refractivity contribution in [2.24, 2.45) is 0 Å². The van der Waals surface area contributed by atoms with Crippen molar-refractivity contribution in [3.8, 4) is 0 Å². The first-order valence-corrected chi connectivity index (χ1v) is 6.17. The molecule has 0 aromatic carbocycles. The zero-order valence-electron chi connectivity index (χ0n) is 10.6. The second-order valence-electron chi connectivity index (χ2n) is 5.38.